The minimum Gasteiger partial charge on any atom is -0.251 e. The van der Waals surface area contributed by atoms with Gasteiger partial charge in [-0.05, 0) is 77.0 Å². The molecule has 0 atom stereocenters. The third-order valence-corrected chi connectivity index (χ3v) is 6.95. The summed E-state index contributed by atoms with van der Waals surface area (Å²) in [5, 5.41) is 0. The van der Waals surface area contributed by atoms with Gasteiger partial charge in [-0.25, -0.2) is 15.0 Å². The summed E-state index contributed by atoms with van der Waals surface area (Å²) in [5.74, 6) is 3.17. The maximum Gasteiger partial charge on any atom is 0.224 e. The van der Waals surface area contributed by atoms with Crippen molar-refractivity contribution in [1.29, 1.82) is 0 Å². The quantitative estimate of drug-likeness (QED) is 0.484. The lowest BCUT2D eigenvalue weighted by Crippen LogP contribution is -2.11. The Hall–Kier alpha value is -2.37. The highest BCUT2D eigenvalue weighted by Crippen LogP contribution is 2.32. The Kier molecular flexibility index (Phi) is 2.78. The fourth-order valence-corrected chi connectivity index (χ4v) is 5.66. The van der Waals surface area contributed by atoms with E-state index in [9.17, 15) is 0 Å². The van der Waals surface area contributed by atoms with E-state index in [-0.39, 0.29) is 0 Å². The largest absolute Gasteiger partial charge is 0.251 e. The van der Waals surface area contributed by atoms with Crippen molar-refractivity contribution in [3.63, 3.8) is 0 Å². The van der Waals surface area contributed by atoms with Crippen molar-refractivity contribution in [2.45, 2.75) is 77.0 Å². The van der Waals surface area contributed by atoms with E-state index in [1.807, 2.05) is 0 Å². The van der Waals surface area contributed by atoms with Crippen LogP contribution in [0.2, 0.25) is 0 Å². The van der Waals surface area contributed by atoms with Crippen LogP contribution < -0.4 is 0 Å². The fraction of sp³-hybridized carbons (Fsp3) is 0.571. The van der Waals surface area contributed by atoms with E-state index in [0.29, 0.717) is 0 Å². The van der Waals surface area contributed by atoms with Gasteiger partial charge in [-0.1, -0.05) is 0 Å². The lowest BCUT2D eigenvalue weighted by Gasteiger charge is -2.13. The maximum absolute atomic E-state index is 5.15. The monoisotopic (exact) mass is 360 g/mol. The first-order chi connectivity index (χ1) is 13.4. The number of aromatic nitrogens is 6. The second-order valence-electron chi connectivity index (χ2n) is 8.54. The molecule has 3 aliphatic carbocycles. The van der Waals surface area contributed by atoms with Crippen molar-refractivity contribution in [2.24, 2.45) is 0 Å². The van der Waals surface area contributed by atoms with Crippen LogP contribution in [0.3, 0.4) is 0 Å². The van der Waals surface area contributed by atoms with Crippen LogP contribution in [0, 0.1) is 0 Å². The molecule has 138 valence electrons. The first kappa shape index (κ1) is 14.7. The smallest absolute Gasteiger partial charge is 0.224 e. The summed E-state index contributed by atoms with van der Waals surface area (Å²) >= 11 is 0. The van der Waals surface area contributed by atoms with Crippen molar-refractivity contribution >= 4 is 17.3 Å². The molecule has 0 amide bonds. The van der Waals surface area contributed by atoms with E-state index in [0.717, 1.165) is 55.9 Å². The SMILES string of the molecule is C1CCc2c(nc3n2c2nc4c(n2c2nc5c(n32)CCCC5)CCCC4)C1. The van der Waals surface area contributed by atoms with Crippen LogP contribution in [0.1, 0.15) is 72.7 Å². The molecule has 27 heavy (non-hydrogen) atoms. The van der Waals surface area contributed by atoms with Gasteiger partial charge in [-0.15, -0.1) is 0 Å². The molecule has 4 aromatic heterocycles. The molecular formula is C21H24N6. The minimum atomic E-state index is 1.06. The van der Waals surface area contributed by atoms with Crippen LogP contribution in [0.5, 0.6) is 0 Å². The first-order valence-electron chi connectivity index (χ1n) is 10.7. The number of imidazole rings is 3. The molecule has 0 spiro atoms. The molecule has 0 fully saturated rings. The van der Waals surface area contributed by atoms with Crippen LogP contribution in [0.25, 0.3) is 17.3 Å². The van der Waals surface area contributed by atoms with Crippen LogP contribution in [0.15, 0.2) is 0 Å². The van der Waals surface area contributed by atoms with E-state index >= 15 is 0 Å². The number of hydrogen-bond donors (Lipinski definition) is 0. The van der Waals surface area contributed by atoms with Crippen LogP contribution >= 0.6 is 0 Å². The Morgan fingerprint density at radius 3 is 1.04 bits per heavy atom. The summed E-state index contributed by atoms with van der Waals surface area (Å²) in [6.07, 6.45) is 14.2. The molecule has 3 aliphatic rings. The Morgan fingerprint density at radius 2 is 0.704 bits per heavy atom. The molecule has 7 rings (SSSR count). The zero-order valence-corrected chi connectivity index (χ0v) is 15.7. The van der Waals surface area contributed by atoms with E-state index in [4.69, 9.17) is 15.0 Å². The van der Waals surface area contributed by atoms with Crippen molar-refractivity contribution in [3.8, 4) is 0 Å². The number of aryl methyl sites for hydroxylation is 6. The maximum atomic E-state index is 5.15. The third kappa shape index (κ3) is 1.79. The molecule has 6 heteroatoms. The minimum absolute atomic E-state index is 1.06. The van der Waals surface area contributed by atoms with E-state index in [2.05, 4.69) is 13.2 Å². The predicted molar refractivity (Wildman–Crippen MR) is 103 cm³/mol. The van der Waals surface area contributed by atoms with Gasteiger partial charge in [0.2, 0.25) is 17.3 Å². The van der Waals surface area contributed by atoms with Gasteiger partial charge in [0.15, 0.2) is 0 Å². The van der Waals surface area contributed by atoms with Crippen molar-refractivity contribution in [1.82, 2.24) is 28.2 Å². The van der Waals surface area contributed by atoms with Gasteiger partial charge in [0.1, 0.15) is 0 Å². The Balaban J connectivity index is 1.74. The zero-order chi connectivity index (χ0) is 17.5. The van der Waals surface area contributed by atoms with Gasteiger partial charge in [0.05, 0.1) is 34.2 Å². The van der Waals surface area contributed by atoms with Crippen LogP contribution in [-0.2, 0) is 38.5 Å². The Bertz CT molecular complexity index is 1050. The third-order valence-electron chi connectivity index (χ3n) is 6.95. The van der Waals surface area contributed by atoms with Crippen molar-refractivity contribution < 1.29 is 0 Å². The Labute approximate surface area is 157 Å². The fourth-order valence-electron chi connectivity index (χ4n) is 5.66. The highest BCUT2D eigenvalue weighted by Gasteiger charge is 2.28. The molecule has 0 aliphatic heterocycles. The summed E-state index contributed by atoms with van der Waals surface area (Å²) in [6, 6.07) is 0. The molecule has 0 saturated heterocycles. The van der Waals surface area contributed by atoms with Gasteiger partial charge in [-0.3, -0.25) is 13.2 Å². The molecule has 0 radical (unpaired) electrons. The van der Waals surface area contributed by atoms with Gasteiger partial charge >= 0.3 is 0 Å². The standard InChI is InChI=1S/C21H24N6/c1-4-10-16-13(7-1)22-19-25(16)20-23-15-9-3-6-12-18(15)27(20)21-24-14-8-2-5-11-17(14)26(19)21/h1-12H2. The topological polar surface area (TPSA) is 51.9 Å². The number of hydrogen-bond acceptors (Lipinski definition) is 3. The van der Waals surface area contributed by atoms with E-state index in [1.54, 1.807) is 0 Å². The second-order valence-corrected chi connectivity index (χ2v) is 8.54. The summed E-state index contributed by atoms with van der Waals surface area (Å²) in [6.45, 7) is 0. The van der Waals surface area contributed by atoms with Crippen molar-refractivity contribution in [3.05, 3.63) is 34.2 Å². The molecule has 0 saturated carbocycles. The molecule has 0 unspecified atom stereocenters. The molecule has 4 aromatic rings. The summed E-state index contributed by atoms with van der Waals surface area (Å²) < 4.78 is 7.16. The van der Waals surface area contributed by atoms with Gasteiger partial charge < -0.3 is 0 Å². The Morgan fingerprint density at radius 1 is 0.407 bits per heavy atom. The molecule has 0 bridgehead atoms. The van der Waals surface area contributed by atoms with Gasteiger partial charge in [0.25, 0.3) is 0 Å². The highest BCUT2D eigenvalue weighted by atomic mass is 15.3. The number of rotatable bonds is 0. The van der Waals surface area contributed by atoms with Crippen molar-refractivity contribution in [2.75, 3.05) is 0 Å². The molecule has 0 aromatic carbocycles. The molecule has 6 nitrogen and oxygen atoms in total. The first-order valence-corrected chi connectivity index (χ1v) is 10.7. The average molecular weight is 360 g/mol. The second kappa shape index (κ2) is 5.12. The normalized spacial score (nSPS) is 19.6. The number of nitrogens with zero attached hydrogens (tertiary/aromatic N) is 6. The summed E-state index contributed by atoms with van der Waals surface area (Å²) in [5.41, 5.74) is 8.04. The summed E-state index contributed by atoms with van der Waals surface area (Å²) in [4.78, 5) is 15.5. The molecular weight excluding hydrogens is 336 g/mol. The zero-order valence-electron chi connectivity index (χ0n) is 15.7. The van der Waals surface area contributed by atoms with Crippen LogP contribution in [-0.4, -0.2) is 28.2 Å². The molecule has 0 N–H and O–H groups in total. The van der Waals surface area contributed by atoms with Crippen LogP contribution in [0.4, 0.5) is 0 Å². The number of fused-ring (bicyclic) bond motifs is 12. The highest BCUT2D eigenvalue weighted by molar-refractivity contribution is 5.60. The van der Waals surface area contributed by atoms with E-state index < -0.39 is 0 Å². The lowest BCUT2D eigenvalue weighted by atomic mass is 10.0. The van der Waals surface area contributed by atoms with Gasteiger partial charge in [-0.2, -0.15) is 0 Å². The average Bonchev–Trinajstić information content (AvgIpc) is 3.38. The van der Waals surface area contributed by atoms with E-state index in [1.165, 1.54) is 72.7 Å². The lowest BCUT2D eigenvalue weighted by molar-refractivity contribution is 0.656. The summed E-state index contributed by atoms with van der Waals surface area (Å²) in [7, 11) is 0. The predicted octanol–water partition coefficient (Wildman–Crippen LogP) is 3.27. The molecule has 4 heterocycles. The van der Waals surface area contributed by atoms with Gasteiger partial charge in [0, 0.05) is 0 Å².